The van der Waals surface area contributed by atoms with Gasteiger partial charge in [-0.05, 0) is 39.3 Å². The molecule has 92 valence electrons. The Labute approximate surface area is 111 Å². The lowest BCUT2D eigenvalue weighted by Gasteiger charge is -2.32. The number of alkyl halides is 1. The fourth-order valence-corrected chi connectivity index (χ4v) is 1.95. The molecule has 0 unspecified atom stereocenters. The second kappa shape index (κ2) is 4.37. The van der Waals surface area contributed by atoms with Gasteiger partial charge in [-0.25, -0.2) is 0 Å². The predicted molar refractivity (Wildman–Crippen MR) is 72.6 cm³/mol. The third-order valence-corrected chi connectivity index (χ3v) is 4.14. The normalized spacial score (nSPS) is 21.8. The van der Waals surface area contributed by atoms with Crippen molar-refractivity contribution < 1.29 is 9.31 Å². The maximum atomic E-state index is 5.93. The Hall–Kier alpha value is -0.385. The van der Waals surface area contributed by atoms with Crippen LogP contribution in [0.3, 0.4) is 0 Å². The number of rotatable bonds is 2. The molecule has 0 aliphatic carbocycles. The van der Waals surface area contributed by atoms with Crippen LogP contribution in [0.5, 0.6) is 0 Å². The van der Waals surface area contributed by atoms with Gasteiger partial charge in [-0.1, -0.05) is 22.0 Å². The van der Waals surface area contributed by atoms with E-state index in [0.29, 0.717) is 0 Å². The number of aromatic nitrogens is 1. The second-order valence-electron chi connectivity index (χ2n) is 5.31. The highest BCUT2D eigenvalue weighted by atomic mass is 79.9. The fraction of sp³-hybridized carbons (Fsp3) is 0.583. The third kappa shape index (κ3) is 2.42. The monoisotopic (exact) mass is 297 g/mol. The van der Waals surface area contributed by atoms with E-state index in [1.807, 2.05) is 46.0 Å². The molecule has 0 bridgehead atoms. The molecule has 5 heteroatoms. The van der Waals surface area contributed by atoms with E-state index in [1.165, 1.54) is 0 Å². The summed E-state index contributed by atoms with van der Waals surface area (Å²) in [7, 11) is -0.371. The van der Waals surface area contributed by atoms with Crippen molar-refractivity contribution in [2.75, 3.05) is 0 Å². The Kier molecular flexibility index (Phi) is 3.36. The van der Waals surface area contributed by atoms with Crippen LogP contribution in [0, 0.1) is 0 Å². The first-order valence-electron chi connectivity index (χ1n) is 5.72. The SMILES string of the molecule is CC1(C)OB(c2ccc(CBr)cn2)OC1(C)C. The van der Waals surface area contributed by atoms with E-state index in [1.54, 1.807) is 0 Å². The first kappa shape index (κ1) is 13.1. The van der Waals surface area contributed by atoms with Gasteiger partial charge >= 0.3 is 7.12 Å². The highest BCUT2D eigenvalue weighted by molar-refractivity contribution is 9.08. The summed E-state index contributed by atoms with van der Waals surface area (Å²) >= 11 is 3.40. The predicted octanol–water partition coefficient (Wildman–Crippen LogP) is 2.28. The maximum Gasteiger partial charge on any atom is 0.514 e. The molecule has 0 saturated carbocycles. The molecule has 3 nitrogen and oxygen atoms in total. The van der Waals surface area contributed by atoms with Gasteiger partial charge in [0.05, 0.1) is 16.8 Å². The van der Waals surface area contributed by atoms with Crippen molar-refractivity contribution >= 4 is 28.6 Å². The highest BCUT2D eigenvalue weighted by Crippen LogP contribution is 2.36. The number of hydrogen-bond acceptors (Lipinski definition) is 3. The second-order valence-corrected chi connectivity index (χ2v) is 5.87. The Morgan fingerprint density at radius 1 is 1.18 bits per heavy atom. The van der Waals surface area contributed by atoms with Crippen LogP contribution in [0.25, 0.3) is 0 Å². The molecule has 0 radical (unpaired) electrons. The minimum atomic E-state index is -0.371. The Balaban J connectivity index is 2.20. The van der Waals surface area contributed by atoms with Gasteiger partial charge in [0.1, 0.15) is 0 Å². The van der Waals surface area contributed by atoms with Gasteiger partial charge in [-0.2, -0.15) is 0 Å². The van der Waals surface area contributed by atoms with Crippen LogP contribution >= 0.6 is 15.9 Å². The Bertz CT molecular complexity index is 389. The average molecular weight is 298 g/mol. The van der Waals surface area contributed by atoms with Gasteiger partial charge in [-0.15, -0.1) is 0 Å². The Morgan fingerprint density at radius 2 is 1.76 bits per heavy atom. The minimum Gasteiger partial charge on any atom is -0.398 e. The maximum absolute atomic E-state index is 5.93. The summed E-state index contributed by atoms with van der Waals surface area (Å²) in [6.45, 7) is 8.17. The molecule has 1 fully saturated rings. The topological polar surface area (TPSA) is 31.4 Å². The molecule has 17 heavy (non-hydrogen) atoms. The van der Waals surface area contributed by atoms with Gasteiger partial charge in [0, 0.05) is 11.5 Å². The van der Waals surface area contributed by atoms with Crippen LogP contribution in [0.1, 0.15) is 33.3 Å². The summed E-state index contributed by atoms with van der Waals surface area (Å²) < 4.78 is 11.9. The standard InChI is InChI=1S/C12H17BBrNO2/c1-11(2)12(3,4)17-13(16-11)10-6-5-9(7-14)8-15-10/h5-6,8H,7H2,1-4H3. The molecule has 0 aromatic carbocycles. The molecule has 1 aliphatic heterocycles. The molecule has 0 N–H and O–H groups in total. The summed E-state index contributed by atoms with van der Waals surface area (Å²) in [6.07, 6.45) is 1.84. The van der Waals surface area contributed by atoms with Crippen LogP contribution < -0.4 is 5.59 Å². The molecule has 2 rings (SSSR count). The van der Waals surface area contributed by atoms with Crippen molar-refractivity contribution in [3.8, 4) is 0 Å². The number of nitrogens with zero attached hydrogens (tertiary/aromatic N) is 1. The van der Waals surface area contributed by atoms with Gasteiger partial charge in [0.15, 0.2) is 0 Å². The van der Waals surface area contributed by atoms with Crippen LogP contribution in [-0.2, 0) is 14.6 Å². The van der Waals surface area contributed by atoms with Crippen molar-refractivity contribution in [2.45, 2.75) is 44.2 Å². The molecular formula is C12H17BBrNO2. The quantitative estimate of drug-likeness (QED) is 0.620. The molecule has 1 aromatic heterocycles. The molecule has 0 spiro atoms. The molecule has 1 aliphatic rings. The smallest absolute Gasteiger partial charge is 0.398 e. The summed E-state index contributed by atoms with van der Waals surface area (Å²) in [5.41, 5.74) is 1.35. The zero-order valence-corrected chi connectivity index (χ0v) is 12.2. The van der Waals surface area contributed by atoms with Crippen molar-refractivity contribution in [2.24, 2.45) is 0 Å². The molecule has 1 aromatic rings. The van der Waals surface area contributed by atoms with E-state index in [0.717, 1.165) is 16.5 Å². The average Bonchev–Trinajstić information content (AvgIpc) is 2.48. The Morgan fingerprint density at radius 3 is 2.18 bits per heavy atom. The van der Waals surface area contributed by atoms with Crippen molar-refractivity contribution in [3.05, 3.63) is 23.9 Å². The molecule has 2 heterocycles. The lowest BCUT2D eigenvalue weighted by atomic mass is 9.84. The van der Waals surface area contributed by atoms with E-state index in [9.17, 15) is 0 Å². The van der Waals surface area contributed by atoms with Crippen LogP contribution in [0.2, 0.25) is 0 Å². The van der Waals surface area contributed by atoms with Crippen LogP contribution in [0.15, 0.2) is 18.3 Å². The number of hydrogen-bond donors (Lipinski definition) is 0. The zero-order chi connectivity index (χ0) is 12.7. The first-order valence-corrected chi connectivity index (χ1v) is 6.84. The highest BCUT2D eigenvalue weighted by Gasteiger charge is 2.52. The largest absolute Gasteiger partial charge is 0.514 e. The number of halogens is 1. The van der Waals surface area contributed by atoms with E-state index < -0.39 is 0 Å². The molecule has 0 atom stereocenters. The first-order chi connectivity index (χ1) is 7.86. The summed E-state index contributed by atoms with van der Waals surface area (Å²) in [6, 6.07) is 3.99. The van der Waals surface area contributed by atoms with Gasteiger partial charge in [0.25, 0.3) is 0 Å². The van der Waals surface area contributed by atoms with E-state index in [2.05, 4.69) is 20.9 Å². The fourth-order valence-electron chi connectivity index (χ4n) is 1.62. The van der Waals surface area contributed by atoms with Crippen molar-refractivity contribution in [1.82, 2.24) is 4.98 Å². The van der Waals surface area contributed by atoms with E-state index in [4.69, 9.17) is 9.31 Å². The van der Waals surface area contributed by atoms with Gasteiger partial charge in [-0.3, -0.25) is 4.98 Å². The van der Waals surface area contributed by atoms with Crippen LogP contribution in [-0.4, -0.2) is 23.3 Å². The molecular weight excluding hydrogens is 281 g/mol. The lowest BCUT2D eigenvalue weighted by molar-refractivity contribution is 0.00578. The molecule has 0 amide bonds. The zero-order valence-electron chi connectivity index (χ0n) is 10.7. The van der Waals surface area contributed by atoms with Crippen molar-refractivity contribution in [1.29, 1.82) is 0 Å². The van der Waals surface area contributed by atoms with Gasteiger partial charge < -0.3 is 9.31 Å². The van der Waals surface area contributed by atoms with E-state index >= 15 is 0 Å². The number of pyridine rings is 1. The van der Waals surface area contributed by atoms with Gasteiger partial charge in [0.2, 0.25) is 0 Å². The minimum absolute atomic E-state index is 0.312. The third-order valence-electron chi connectivity index (χ3n) is 3.50. The lowest BCUT2D eigenvalue weighted by Crippen LogP contribution is -2.41. The van der Waals surface area contributed by atoms with E-state index in [-0.39, 0.29) is 18.3 Å². The summed E-state index contributed by atoms with van der Waals surface area (Å²) in [5.74, 6) is 0. The summed E-state index contributed by atoms with van der Waals surface area (Å²) in [4.78, 5) is 4.38. The summed E-state index contributed by atoms with van der Waals surface area (Å²) in [5, 5.41) is 0.809. The van der Waals surface area contributed by atoms with Crippen LogP contribution in [0.4, 0.5) is 0 Å². The van der Waals surface area contributed by atoms with Crippen molar-refractivity contribution in [3.63, 3.8) is 0 Å². The molecule has 1 saturated heterocycles.